The molecular weight excluding hydrogens is 340 g/mol. The van der Waals surface area contributed by atoms with Crippen LogP contribution in [-0.4, -0.2) is 46.1 Å². The highest BCUT2D eigenvalue weighted by Gasteiger charge is 2.24. The number of benzene rings is 1. The van der Waals surface area contributed by atoms with Crippen molar-refractivity contribution in [3.63, 3.8) is 0 Å². The molecule has 4 rings (SSSR count). The summed E-state index contributed by atoms with van der Waals surface area (Å²) in [5.74, 6) is 0.387. The first-order chi connectivity index (χ1) is 12.2. The summed E-state index contributed by atoms with van der Waals surface area (Å²) < 4.78 is 8.09. The van der Waals surface area contributed by atoms with Crippen molar-refractivity contribution in [3.8, 4) is 5.75 Å². The van der Waals surface area contributed by atoms with Crippen molar-refractivity contribution in [3.05, 3.63) is 29.6 Å². The van der Waals surface area contributed by atoms with Crippen LogP contribution in [0.3, 0.4) is 0 Å². The number of carbonyl (C=O) groups excluding carboxylic acids is 1. The molecule has 2 N–H and O–H groups in total. The number of carbonyl (C=O) groups is 1. The molecule has 0 aliphatic carbocycles. The molecule has 1 unspecified atom stereocenters. The first-order valence-corrected chi connectivity index (χ1v) is 8.86. The lowest BCUT2D eigenvalue weighted by atomic mass is 10.2. The second-order valence-electron chi connectivity index (χ2n) is 5.89. The average molecular weight is 358 g/mol. The van der Waals surface area contributed by atoms with Crippen molar-refractivity contribution in [2.24, 2.45) is 0 Å². The molecule has 1 aliphatic heterocycles. The number of methoxy groups -OCH3 is 1. The summed E-state index contributed by atoms with van der Waals surface area (Å²) in [7, 11) is 1.60. The Morgan fingerprint density at radius 2 is 2.36 bits per heavy atom. The first-order valence-electron chi connectivity index (χ1n) is 8.04. The normalized spacial score (nSPS) is 17.1. The minimum absolute atomic E-state index is 0.251. The summed E-state index contributed by atoms with van der Waals surface area (Å²) in [4.78, 5) is 17.0. The topological polar surface area (TPSA) is 94.0 Å². The number of nitrogens with one attached hydrogen (secondary N) is 2. The number of amides is 1. The fraction of sp³-hybridized carbons (Fsp3) is 0.375. The molecule has 3 aromatic rings. The van der Waals surface area contributed by atoms with Gasteiger partial charge in [-0.2, -0.15) is 0 Å². The van der Waals surface area contributed by atoms with Crippen LogP contribution in [0, 0.1) is 6.92 Å². The molecular formula is C16H18N6O2S. The van der Waals surface area contributed by atoms with E-state index in [1.165, 1.54) is 11.3 Å². The number of fused-ring (bicyclic) bond motifs is 1. The van der Waals surface area contributed by atoms with Crippen LogP contribution in [0.4, 0.5) is 5.13 Å². The molecule has 9 heteroatoms. The van der Waals surface area contributed by atoms with Gasteiger partial charge in [0.05, 0.1) is 23.5 Å². The molecule has 8 nitrogen and oxygen atoms in total. The lowest BCUT2D eigenvalue weighted by Gasteiger charge is -2.10. The quantitative estimate of drug-likeness (QED) is 0.741. The van der Waals surface area contributed by atoms with E-state index in [4.69, 9.17) is 4.74 Å². The number of ether oxygens (including phenoxy) is 1. The number of nitrogens with zero attached hydrogens (tertiary/aromatic N) is 4. The van der Waals surface area contributed by atoms with E-state index >= 15 is 0 Å². The van der Waals surface area contributed by atoms with Crippen LogP contribution in [0.5, 0.6) is 5.75 Å². The highest BCUT2D eigenvalue weighted by molar-refractivity contribution is 7.22. The van der Waals surface area contributed by atoms with Gasteiger partial charge in [-0.3, -0.25) is 10.1 Å². The number of hydrogen-bond acceptors (Lipinski definition) is 7. The molecule has 1 atom stereocenters. The predicted octanol–water partition coefficient (Wildman–Crippen LogP) is 1.99. The predicted molar refractivity (Wildman–Crippen MR) is 95.4 cm³/mol. The van der Waals surface area contributed by atoms with Gasteiger partial charge in [0.1, 0.15) is 11.3 Å². The summed E-state index contributed by atoms with van der Waals surface area (Å²) in [6, 6.07) is 5.94. The molecule has 2 aromatic heterocycles. The zero-order chi connectivity index (χ0) is 17.4. The van der Waals surface area contributed by atoms with Gasteiger partial charge in [0, 0.05) is 6.54 Å². The molecule has 1 saturated heterocycles. The standard InChI is InChI=1S/C16H18N6O2S/c1-9-13(20-21-22(9)10-6-7-17-8-10)15(23)19-16-18-14-11(24-2)4-3-5-12(14)25-16/h3-5,10,17H,6-8H2,1-2H3,(H,18,19,23). The van der Waals surface area contributed by atoms with Gasteiger partial charge in [-0.25, -0.2) is 9.67 Å². The fourth-order valence-electron chi connectivity index (χ4n) is 3.04. The molecule has 3 heterocycles. The van der Waals surface area contributed by atoms with Gasteiger partial charge in [-0.1, -0.05) is 22.6 Å². The van der Waals surface area contributed by atoms with Crippen molar-refractivity contribution < 1.29 is 9.53 Å². The van der Waals surface area contributed by atoms with E-state index in [0.29, 0.717) is 16.6 Å². The molecule has 1 aliphatic rings. The number of hydrogen-bond donors (Lipinski definition) is 2. The van der Waals surface area contributed by atoms with Crippen LogP contribution in [-0.2, 0) is 0 Å². The van der Waals surface area contributed by atoms with Crippen LogP contribution in [0.1, 0.15) is 28.6 Å². The molecule has 0 spiro atoms. The Kier molecular flexibility index (Phi) is 4.10. The lowest BCUT2D eigenvalue weighted by molar-refractivity contribution is 0.102. The summed E-state index contributed by atoms with van der Waals surface area (Å²) in [5.41, 5.74) is 1.84. The van der Waals surface area contributed by atoms with Gasteiger partial charge in [-0.05, 0) is 32.0 Å². The summed E-state index contributed by atoms with van der Waals surface area (Å²) >= 11 is 1.40. The van der Waals surface area contributed by atoms with E-state index in [2.05, 4.69) is 25.9 Å². The van der Waals surface area contributed by atoms with E-state index in [-0.39, 0.29) is 11.9 Å². The zero-order valence-corrected chi connectivity index (χ0v) is 14.8. The van der Waals surface area contributed by atoms with Crippen molar-refractivity contribution in [2.45, 2.75) is 19.4 Å². The number of anilines is 1. The highest BCUT2D eigenvalue weighted by atomic mass is 32.1. The third-order valence-corrected chi connectivity index (χ3v) is 5.28. The van der Waals surface area contributed by atoms with Crippen molar-refractivity contribution in [2.75, 3.05) is 25.5 Å². The number of aromatic nitrogens is 4. The molecule has 130 valence electrons. The van der Waals surface area contributed by atoms with E-state index < -0.39 is 0 Å². The Morgan fingerprint density at radius 1 is 1.48 bits per heavy atom. The maximum absolute atomic E-state index is 12.6. The summed E-state index contributed by atoms with van der Waals surface area (Å²) in [6.07, 6.45) is 0.989. The molecule has 0 saturated carbocycles. The third-order valence-electron chi connectivity index (χ3n) is 4.35. The largest absolute Gasteiger partial charge is 0.494 e. The molecule has 0 bridgehead atoms. The molecule has 25 heavy (non-hydrogen) atoms. The van der Waals surface area contributed by atoms with Crippen LogP contribution in [0.25, 0.3) is 10.2 Å². The Morgan fingerprint density at radius 3 is 3.12 bits per heavy atom. The monoisotopic (exact) mass is 358 g/mol. The first kappa shape index (κ1) is 16.0. The summed E-state index contributed by atoms with van der Waals surface area (Å²) in [5, 5.41) is 14.9. The Hall–Kier alpha value is -2.52. The number of para-hydroxylation sites is 1. The molecule has 1 aromatic carbocycles. The minimum Gasteiger partial charge on any atom is -0.494 e. The summed E-state index contributed by atoms with van der Waals surface area (Å²) in [6.45, 7) is 3.68. The second kappa shape index (κ2) is 6.41. The van der Waals surface area contributed by atoms with Gasteiger partial charge in [0.15, 0.2) is 10.8 Å². The van der Waals surface area contributed by atoms with Gasteiger partial charge in [-0.15, -0.1) is 5.10 Å². The van der Waals surface area contributed by atoms with E-state index in [1.54, 1.807) is 7.11 Å². The SMILES string of the molecule is COc1cccc2sc(NC(=O)c3nnn(C4CCNC4)c3C)nc12. The third kappa shape index (κ3) is 2.85. The number of rotatable bonds is 4. The Labute approximate surface area is 148 Å². The number of thiazole rings is 1. The highest BCUT2D eigenvalue weighted by Crippen LogP contribution is 2.32. The zero-order valence-electron chi connectivity index (χ0n) is 13.9. The van der Waals surface area contributed by atoms with Crippen molar-refractivity contribution in [1.82, 2.24) is 25.3 Å². The minimum atomic E-state index is -0.298. The lowest BCUT2D eigenvalue weighted by Crippen LogP contribution is -2.17. The van der Waals surface area contributed by atoms with E-state index in [9.17, 15) is 4.79 Å². The van der Waals surface area contributed by atoms with Crippen LogP contribution >= 0.6 is 11.3 Å². The smallest absolute Gasteiger partial charge is 0.279 e. The van der Waals surface area contributed by atoms with E-state index in [0.717, 1.165) is 35.4 Å². The fourth-order valence-corrected chi connectivity index (χ4v) is 3.92. The van der Waals surface area contributed by atoms with Crippen LogP contribution in [0.2, 0.25) is 0 Å². The van der Waals surface area contributed by atoms with Crippen LogP contribution in [0.15, 0.2) is 18.2 Å². The Bertz CT molecular complexity index is 928. The van der Waals surface area contributed by atoms with Gasteiger partial charge < -0.3 is 10.1 Å². The van der Waals surface area contributed by atoms with Crippen molar-refractivity contribution >= 4 is 32.6 Å². The molecule has 1 fully saturated rings. The van der Waals surface area contributed by atoms with Gasteiger partial charge in [0.2, 0.25) is 0 Å². The maximum Gasteiger partial charge on any atom is 0.279 e. The van der Waals surface area contributed by atoms with E-state index in [1.807, 2.05) is 29.8 Å². The molecule has 0 radical (unpaired) electrons. The molecule has 1 amide bonds. The van der Waals surface area contributed by atoms with Gasteiger partial charge in [0.25, 0.3) is 5.91 Å². The van der Waals surface area contributed by atoms with Crippen LogP contribution < -0.4 is 15.4 Å². The second-order valence-corrected chi connectivity index (χ2v) is 6.93. The van der Waals surface area contributed by atoms with Crippen molar-refractivity contribution in [1.29, 1.82) is 0 Å². The Balaban J connectivity index is 1.58. The maximum atomic E-state index is 12.6. The average Bonchev–Trinajstić information content (AvgIpc) is 3.32. The van der Waals surface area contributed by atoms with Gasteiger partial charge >= 0.3 is 0 Å².